The van der Waals surface area contributed by atoms with Gasteiger partial charge in [0.25, 0.3) is 5.69 Å². The fourth-order valence-corrected chi connectivity index (χ4v) is 1.44. The maximum atomic E-state index is 10.8. The van der Waals surface area contributed by atoms with E-state index in [1.54, 1.807) is 19.3 Å². The van der Waals surface area contributed by atoms with Crippen molar-refractivity contribution in [1.82, 2.24) is 15.0 Å². The monoisotopic (exact) mass is 260 g/mol. The van der Waals surface area contributed by atoms with Gasteiger partial charge in [-0.05, 0) is 6.07 Å². The third-order valence-electron chi connectivity index (χ3n) is 2.37. The lowest BCUT2D eigenvalue weighted by molar-refractivity contribution is -0.384. The fraction of sp³-hybridized carbons (Fsp3) is 0.182. The fourth-order valence-electron chi connectivity index (χ4n) is 1.44. The highest BCUT2D eigenvalue weighted by molar-refractivity contribution is 5.54. The second-order valence-corrected chi connectivity index (χ2v) is 3.66. The van der Waals surface area contributed by atoms with Crippen molar-refractivity contribution >= 4 is 17.3 Å². The smallest absolute Gasteiger partial charge is 0.276 e. The molecule has 19 heavy (non-hydrogen) atoms. The maximum Gasteiger partial charge on any atom is 0.276 e. The van der Waals surface area contributed by atoms with Crippen molar-refractivity contribution in [2.45, 2.75) is 6.54 Å². The van der Waals surface area contributed by atoms with Crippen LogP contribution in [0.25, 0.3) is 0 Å². The molecule has 0 unspecified atom stereocenters. The third kappa shape index (κ3) is 3.35. The first-order valence-electron chi connectivity index (χ1n) is 5.52. The Kier molecular flexibility index (Phi) is 3.81. The van der Waals surface area contributed by atoms with Gasteiger partial charge in [-0.2, -0.15) is 0 Å². The summed E-state index contributed by atoms with van der Waals surface area (Å²) in [5.41, 5.74) is 0.749. The molecule has 8 nitrogen and oxygen atoms in total. The summed E-state index contributed by atoms with van der Waals surface area (Å²) in [5.74, 6) is 0.844. The van der Waals surface area contributed by atoms with Crippen molar-refractivity contribution in [3.63, 3.8) is 0 Å². The number of anilines is 2. The molecule has 0 fully saturated rings. The Hall–Kier alpha value is -2.77. The second-order valence-electron chi connectivity index (χ2n) is 3.66. The van der Waals surface area contributed by atoms with Crippen LogP contribution in [0.1, 0.15) is 5.69 Å². The van der Waals surface area contributed by atoms with Gasteiger partial charge in [0.05, 0.1) is 29.3 Å². The molecule has 2 aromatic rings. The molecule has 0 atom stereocenters. The lowest BCUT2D eigenvalue weighted by Crippen LogP contribution is -2.05. The van der Waals surface area contributed by atoms with Crippen molar-refractivity contribution in [3.8, 4) is 0 Å². The molecule has 0 aliphatic rings. The molecular weight excluding hydrogens is 248 g/mol. The van der Waals surface area contributed by atoms with Crippen LogP contribution < -0.4 is 10.6 Å². The third-order valence-corrected chi connectivity index (χ3v) is 2.37. The largest absolute Gasteiger partial charge is 0.373 e. The molecule has 0 spiro atoms. The first-order valence-corrected chi connectivity index (χ1v) is 5.52. The molecule has 98 valence electrons. The van der Waals surface area contributed by atoms with Crippen LogP contribution >= 0.6 is 0 Å². The van der Waals surface area contributed by atoms with Crippen molar-refractivity contribution < 1.29 is 4.92 Å². The van der Waals surface area contributed by atoms with Crippen molar-refractivity contribution in [2.24, 2.45) is 0 Å². The standard InChI is InChI=1S/C11H12N6O2/c1-12-10-4-9(17(18)19)5-11(16-10)14-6-8-2-3-13-7-15-8/h2-5,7H,6H2,1H3,(H2,12,14,16). The van der Waals surface area contributed by atoms with E-state index in [0.717, 1.165) is 5.69 Å². The minimum Gasteiger partial charge on any atom is -0.373 e. The molecule has 0 aromatic carbocycles. The van der Waals surface area contributed by atoms with Gasteiger partial charge in [-0.15, -0.1) is 0 Å². The zero-order chi connectivity index (χ0) is 13.7. The van der Waals surface area contributed by atoms with Crippen LogP contribution in [-0.4, -0.2) is 26.9 Å². The zero-order valence-electron chi connectivity index (χ0n) is 10.2. The molecule has 0 saturated carbocycles. The lowest BCUT2D eigenvalue weighted by Gasteiger charge is -2.07. The van der Waals surface area contributed by atoms with E-state index in [-0.39, 0.29) is 5.69 Å². The molecule has 0 aliphatic carbocycles. The number of aromatic nitrogens is 3. The number of hydrogen-bond donors (Lipinski definition) is 2. The Morgan fingerprint density at radius 1 is 1.37 bits per heavy atom. The molecule has 0 amide bonds. The van der Waals surface area contributed by atoms with Crippen molar-refractivity contribution in [2.75, 3.05) is 17.7 Å². The number of pyridine rings is 1. The highest BCUT2D eigenvalue weighted by Gasteiger charge is 2.10. The minimum atomic E-state index is -0.460. The van der Waals surface area contributed by atoms with Gasteiger partial charge in [0.15, 0.2) is 0 Å². The molecule has 0 aliphatic heterocycles. The van der Waals surface area contributed by atoms with Gasteiger partial charge in [-0.3, -0.25) is 10.1 Å². The van der Waals surface area contributed by atoms with Gasteiger partial charge in [-0.1, -0.05) is 0 Å². The van der Waals surface area contributed by atoms with Crippen LogP contribution in [0.3, 0.4) is 0 Å². The van der Waals surface area contributed by atoms with E-state index >= 15 is 0 Å². The van der Waals surface area contributed by atoms with Crippen molar-refractivity contribution in [1.29, 1.82) is 0 Å². The van der Waals surface area contributed by atoms with E-state index in [9.17, 15) is 10.1 Å². The van der Waals surface area contributed by atoms with Gasteiger partial charge < -0.3 is 10.6 Å². The van der Waals surface area contributed by atoms with Crippen LogP contribution in [0.15, 0.2) is 30.7 Å². The molecule has 2 heterocycles. The summed E-state index contributed by atoms with van der Waals surface area (Å²) in [4.78, 5) is 22.4. The van der Waals surface area contributed by atoms with Crippen LogP contribution in [0.4, 0.5) is 17.3 Å². The SMILES string of the molecule is CNc1cc([N+](=O)[O-])cc(NCc2ccncn2)n1. The van der Waals surface area contributed by atoms with Gasteiger partial charge in [-0.25, -0.2) is 15.0 Å². The molecule has 0 bridgehead atoms. The molecular formula is C11H12N6O2. The van der Waals surface area contributed by atoms with E-state index in [0.29, 0.717) is 18.2 Å². The number of hydrogen-bond acceptors (Lipinski definition) is 7. The summed E-state index contributed by atoms with van der Waals surface area (Å²) in [6.45, 7) is 0.417. The molecule has 2 rings (SSSR count). The highest BCUT2D eigenvalue weighted by atomic mass is 16.6. The quantitative estimate of drug-likeness (QED) is 0.618. The predicted octanol–water partition coefficient (Wildman–Crippen LogP) is 1.43. The van der Waals surface area contributed by atoms with Crippen LogP contribution in [0.5, 0.6) is 0 Å². The maximum absolute atomic E-state index is 10.8. The Morgan fingerprint density at radius 3 is 2.79 bits per heavy atom. The molecule has 2 N–H and O–H groups in total. The Bertz CT molecular complexity index is 575. The van der Waals surface area contributed by atoms with E-state index in [4.69, 9.17) is 0 Å². The van der Waals surface area contributed by atoms with Gasteiger partial charge in [0, 0.05) is 13.2 Å². The summed E-state index contributed by atoms with van der Waals surface area (Å²) in [6.07, 6.45) is 3.07. The summed E-state index contributed by atoms with van der Waals surface area (Å²) >= 11 is 0. The Labute approximate surface area is 109 Å². The summed E-state index contributed by atoms with van der Waals surface area (Å²) in [6, 6.07) is 4.50. The average molecular weight is 260 g/mol. The Balaban J connectivity index is 2.15. The Morgan fingerprint density at radius 2 is 2.16 bits per heavy atom. The number of nitro groups is 1. The van der Waals surface area contributed by atoms with E-state index in [1.807, 2.05) is 0 Å². The van der Waals surface area contributed by atoms with Gasteiger partial charge >= 0.3 is 0 Å². The topological polar surface area (TPSA) is 106 Å². The van der Waals surface area contributed by atoms with Crippen molar-refractivity contribution in [3.05, 3.63) is 46.5 Å². The second kappa shape index (κ2) is 5.71. The van der Waals surface area contributed by atoms with E-state index < -0.39 is 4.92 Å². The molecule has 2 aromatic heterocycles. The first kappa shape index (κ1) is 12.7. The van der Waals surface area contributed by atoms with Crippen LogP contribution in [0.2, 0.25) is 0 Å². The van der Waals surface area contributed by atoms with E-state index in [2.05, 4.69) is 25.6 Å². The highest BCUT2D eigenvalue weighted by Crippen LogP contribution is 2.20. The number of nitrogens with one attached hydrogen (secondary N) is 2. The molecule has 0 radical (unpaired) electrons. The predicted molar refractivity (Wildman–Crippen MR) is 69.8 cm³/mol. The molecule has 8 heteroatoms. The normalized spacial score (nSPS) is 9.95. The summed E-state index contributed by atoms with van der Waals surface area (Å²) in [5, 5.41) is 16.6. The van der Waals surface area contributed by atoms with E-state index in [1.165, 1.54) is 18.5 Å². The molecule has 0 saturated heterocycles. The number of nitrogens with zero attached hydrogens (tertiary/aromatic N) is 4. The van der Waals surface area contributed by atoms with Gasteiger partial charge in [0.2, 0.25) is 0 Å². The van der Waals surface area contributed by atoms with Crippen LogP contribution in [-0.2, 0) is 6.54 Å². The average Bonchev–Trinajstić information content (AvgIpc) is 2.45. The zero-order valence-corrected chi connectivity index (χ0v) is 10.2. The lowest BCUT2D eigenvalue weighted by atomic mass is 10.3. The summed E-state index contributed by atoms with van der Waals surface area (Å²) in [7, 11) is 1.65. The number of rotatable bonds is 5. The minimum absolute atomic E-state index is 0.0236. The first-order chi connectivity index (χ1) is 9.19. The van der Waals surface area contributed by atoms with Crippen LogP contribution in [0, 0.1) is 10.1 Å². The summed E-state index contributed by atoms with van der Waals surface area (Å²) < 4.78 is 0. The van der Waals surface area contributed by atoms with Gasteiger partial charge in [0.1, 0.15) is 18.0 Å².